The normalized spacial score (nSPS) is 38.5. The van der Waals surface area contributed by atoms with Crippen LogP contribution in [0.3, 0.4) is 0 Å². The highest BCUT2D eigenvalue weighted by Crippen LogP contribution is 2.42. The smallest absolute Gasteiger partial charge is 0.338 e. The second-order valence-electron chi connectivity index (χ2n) is 6.18. The third-order valence-electron chi connectivity index (χ3n) is 4.01. The lowest BCUT2D eigenvalue weighted by Crippen LogP contribution is -2.40. The van der Waals surface area contributed by atoms with Crippen LogP contribution in [0.4, 0.5) is 0 Å². The van der Waals surface area contributed by atoms with E-state index in [1.54, 1.807) is 24.3 Å². The van der Waals surface area contributed by atoms with Gasteiger partial charge in [0.05, 0.1) is 12.2 Å². The lowest BCUT2D eigenvalue weighted by atomic mass is 10.1. The largest absolute Gasteiger partial charge is 0.453 e. The number of hydrogen-bond donors (Lipinski definition) is 0. The first kappa shape index (κ1) is 14.1. The van der Waals surface area contributed by atoms with Gasteiger partial charge < -0.3 is 23.7 Å². The number of epoxide rings is 1. The van der Waals surface area contributed by atoms with Gasteiger partial charge in [-0.1, -0.05) is 18.2 Å². The topological polar surface area (TPSA) is 66.5 Å². The van der Waals surface area contributed by atoms with Crippen molar-refractivity contribution >= 4 is 5.97 Å². The van der Waals surface area contributed by atoms with Crippen LogP contribution < -0.4 is 0 Å². The standard InChI is InChI=1S/C16H18O6/c1-16(2)21-13-12(11(10-8-18-10)20-15(13)22-16)19-14(17)9-6-4-3-5-7-9/h3-7,10-13,15H,8H2,1-2H3/t10-,11-,12-,13-,15-/m1/s1. The molecule has 0 N–H and O–H groups in total. The van der Waals surface area contributed by atoms with E-state index >= 15 is 0 Å². The van der Waals surface area contributed by atoms with Crippen molar-refractivity contribution in [1.82, 2.24) is 0 Å². The number of carbonyl (C=O) groups is 1. The first-order chi connectivity index (χ1) is 10.5. The van der Waals surface area contributed by atoms with E-state index in [4.69, 9.17) is 23.7 Å². The van der Waals surface area contributed by atoms with Crippen LogP contribution in [0.25, 0.3) is 0 Å². The van der Waals surface area contributed by atoms with Gasteiger partial charge in [0.1, 0.15) is 12.2 Å². The molecule has 3 fully saturated rings. The van der Waals surface area contributed by atoms with Gasteiger partial charge in [-0.3, -0.25) is 0 Å². The molecule has 0 bridgehead atoms. The van der Waals surface area contributed by atoms with Crippen molar-refractivity contribution in [1.29, 1.82) is 0 Å². The van der Waals surface area contributed by atoms with E-state index in [1.165, 1.54) is 0 Å². The predicted molar refractivity (Wildman–Crippen MR) is 74.1 cm³/mol. The molecular formula is C16H18O6. The Morgan fingerprint density at radius 3 is 2.59 bits per heavy atom. The third kappa shape index (κ3) is 2.52. The van der Waals surface area contributed by atoms with Crippen molar-refractivity contribution in [3.8, 4) is 0 Å². The number of benzene rings is 1. The molecular weight excluding hydrogens is 288 g/mol. The zero-order valence-electron chi connectivity index (χ0n) is 12.4. The van der Waals surface area contributed by atoms with Gasteiger partial charge in [0.15, 0.2) is 24.3 Å². The highest BCUT2D eigenvalue weighted by Gasteiger charge is 2.60. The first-order valence-corrected chi connectivity index (χ1v) is 7.42. The maximum Gasteiger partial charge on any atom is 0.338 e. The molecule has 0 unspecified atom stereocenters. The molecule has 6 heteroatoms. The fraction of sp³-hybridized carbons (Fsp3) is 0.562. The summed E-state index contributed by atoms with van der Waals surface area (Å²) in [5, 5.41) is 0. The highest BCUT2D eigenvalue weighted by atomic mass is 16.8. The van der Waals surface area contributed by atoms with Crippen molar-refractivity contribution in [3.63, 3.8) is 0 Å². The molecule has 4 rings (SSSR count). The van der Waals surface area contributed by atoms with Crippen molar-refractivity contribution < 1.29 is 28.5 Å². The number of rotatable bonds is 3. The van der Waals surface area contributed by atoms with Gasteiger partial charge in [-0.25, -0.2) is 4.79 Å². The fourth-order valence-electron chi connectivity index (χ4n) is 2.95. The van der Waals surface area contributed by atoms with Crippen molar-refractivity contribution in [2.45, 2.75) is 50.3 Å². The maximum absolute atomic E-state index is 12.3. The second-order valence-corrected chi connectivity index (χ2v) is 6.18. The fourth-order valence-corrected chi connectivity index (χ4v) is 2.95. The highest BCUT2D eigenvalue weighted by molar-refractivity contribution is 5.89. The molecule has 0 aliphatic carbocycles. The number of carbonyl (C=O) groups excluding carboxylic acids is 1. The minimum atomic E-state index is -0.748. The van der Waals surface area contributed by atoms with Gasteiger partial charge in [0.2, 0.25) is 0 Å². The molecule has 3 heterocycles. The van der Waals surface area contributed by atoms with Crippen LogP contribution >= 0.6 is 0 Å². The second kappa shape index (κ2) is 5.03. The molecule has 0 radical (unpaired) electrons. The van der Waals surface area contributed by atoms with Crippen LogP contribution in [0, 0.1) is 0 Å². The van der Waals surface area contributed by atoms with Crippen LogP contribution in [-0.2, 0) is 23.7 Å². The van der Waals surface area contributed by atoms with E-state index in [9.17, 15) is 4.79 Å². The molecule has 0 amide bonds. The van der Waals surface area contributed by atoms with E-state index in [1.807, 2.05) is 19.9 Å². The van der Waals surface area contributed by atoms with Gasteiger partial charge >= 0.3 is 5.97 Å². The Balaban J connectivity index is 1.53. The third-order valence-corrected chi connectivity index (χ3v) is 4.01. The molecule has 0 saturated carbocycles. The first-order valence-electron chi connectivity index (χ1n) is 7.42. The monoisotopic (exact) mass is 306 g/mol. The van der Waals surface area contributed by atoms with Gasteiger partial charge in [-0.15, -0.1) is 0 Å². The molecule has 3 aliphatic heterocycles. The molecule has 1 aromatic carbocycles. The quantitative estimate of drug-likeness (QED) is 0.622. The molecule has 0 spiro atoms. The Morgan fingerprint density at radius 2 is 1.91 bits per heavy atom. The van der Waals surface area contributed by atoms with Crippen LogP contribution in [0.2, 0.25) is 0 Å². The molecule has 3 saturated heterocycles. The van der Waals surface area contributed by atoms with E-state index in [0.717, 1.165) is 0 Å². The predicted octanol–water partition coefficient (Wildman–Crippen LogP) is 1.49. The van der Waals surface area contributed by atoms with Crippen LogP contribution in [0.5, 0.6) is 0 Å². The molecule has 1 aromatic rings. The summed E-state index contributed by atoms with van der Waals surface area (Å²) in [7, 11) is 0. The van der Waals surface area contributed by atoms with E-state index < -0.39 is 30.3 Å². The number of fused-ring (bicyclic) bond motifs is 1. The molecule has 5 atom stereocenters. The van der Waals surface area contributed by atoms with Crippen molar-refractivity contribution in [3.05, 3.63) is 35.9 Å². The van der Waals surface area contributed by atoms with Gasteiger partial charge in [-0.05, 0) is 26.0 Å². The molecule has 0 aromatic heterocycles. The summed E-state index contributed by atoms with van der Waals surface area (Å²) in [6.07, 6.45) is -1.91. The summed E-state index contributed by atoms with van der Waals surface area (Å²) in [6, 6.07) is 8.87. The lowest BCUT2D eigenvalue weighted by Gasteiger charge is -2.25. The average molecular weight is 306 g/mol. The van der Waals surface area contributed by atoms with E-state index in [0.29, 0.717) is 12.2 Å². The van der Waals surface area contributed by atoms with Crippen molar-refractivity contribution in [2.75, 3.05) is 6.61 Å². The summed E-state index contributed by atoms with van der Waals surface area (Å²) in [5.74, 6) is -1.14. The number of hydrogen-bond acceptors (Lipinski definition) is 6. The summed E-state index contributed by atoms with van der Waals surface area (Å²) < 4.78 is 28.4. The Labute approximate surface area is 128 Å². The summed E-state index contributed by atoms with van der Waals surface area (Å²) >= 11 is 0. The van der Waals surface area contributed by atoms with Gasteiger partial charge in [-0.2, -0.15) is 0 Å². The minimum absolute atomic E-state index is 0.0607. The Morgan fingerprint density at radius 1 is 1.18 bits per heavy atom. The summed E-state index contributed by atoms with van der Waals surface area (Å²) in [5.41, 5.74) is 0.500. The van der Waals surface area contributed by atoms with Gasteiger partial charge in [0.25, 0.3) is 0 Å². The van der Waals surface area contributed by atoms with Crippen LogP contribution in [0.1, 0.15) is 24.2 Å². The van der Waals surface area contributed by atoms with Crippen molar-refractivity contribution in [2.24, 2.45) is 0 Å². The summed E-state index contributed by atoms with van der Waals surface area (Å²) in [4.78, 5) is 12.3. The number of ether oxygens (including phenoxy) is 5. The molecule has 22 heavy (non-hydrogen) atoms. The molecule has 118 valence electrons. The lowest BCUT2D eigenvalue weighted by molar-refractivity contribution is -0.216. The van der Waals surface area contributed by atoms with Gasteiger partial charge in [0, 0.05) is 0 Å². The Hall–Kier alpha value is -1.47. The van der Waals surface area contributed by atoms with E-state index in [-0.39, 0.29) is 12.2 Å². The zero-order chi connectivity index (χ0) is 15.3. The number of esters is 1. The summed E-state index contributed by atoms with van der Waals surface area (Å²) in [6.45, 7) is 4.23. The maximum atomic E-state index is 12.3. The Kier molecular flexibility index (Phi) is 3.23. The molecule has 3 aliphatic rings. The van der Waals surface area contributed by atoms with E-state index in [2.05, 4.69) is 0 Å². The Bertz CT molecular complexity index is 567. The minimum Gasteiger partial charge on any atom is -0.453 e. The zero-order valence-corrected chi connectivity index (χ0v) is 12.4. The van der Waals surface area contributed by atoms with Crippen LogP contribution in [-0.4, -0.2) is 49.1 Å². The SMILES string of the molecule is CC1(C)O[C@H]2O[C@H]([C@H]3CO3)[C@@H](OC(=O)c3ccccc3)[C@H]2O1. The average Bonchev–Trinajstić information content (AvgIpc) is 3.22. The van der Waals surface area contributed by atoms with Crippen LogP contribution in [0.15, 0.2) is 30.3 Å². The molecule has 6 nitrogen and oxygen atoms in total.